The lowest BCUT2D eigenvalue weighted by Crippen LogP contribution is -2.60. The first-order chi connectivity index (χ1) is 33.4. The van der Waals surface area contributed by atoms with Gasteiger partial charge in [-0.1, -0.05) is 92.7 Å². The maximum Gasteiger partial charge on any atom is 0.274 e. The molecule has 384 valence electrons. The second-order valence-corrected chi connectivity index (χ2v) is 19.7. The number of aliphatic hydroxyl groups excluding tert-OH is 1. The molecule has 72 heavy (non-hydrogen) atoms. The van der Waals surface area contributed by atoms with Crippen LogP contribution < -0.4 is 15.6 Å². The van der Waals surface area contributed by atoms with Crippen molar-refractivity contribution in [1.82, 2.24) is 18.9 Å². The van der Waals surface area contributed by atoms with Gasteiger partial charge in [-0.3, -0.25) is 28.8 Å². The Labute approximate surface area is 426 Å². The number of hydrogen-bond acceptors (Lipinski definition) is 10. The van der Waals surface area contributed by atoms with E-state index in [1.54, 1.807) is 48.9 Å². The summed E-state index contributed by atoms with van der Waals surface area (Å²) in [5.74, 6) is -3.60. The predicted molar refractivity (Wildman–Crippen MR) is 270 cm³/mol. The van der Waals surface area contributed by atoms with Crippen LogP contribution in [0.3, 0.4) is 0 Å². The van der Waals surface area contributed by atoms with Gasteiger partial charge in [-0.05, 0) is 79.2 Å². The van der Waals surface area contributed by atoms with Crippen molar-refractivity contribution in [3.63, 3.8) is 0 Å². The van der Waals surface area contributed by atoms with Crippen molar-refractivity contribution < 1.29 is 47.6 Å². The molecule has 2 saturated carbocycles. The van der Waals surface area contributed by atoms with E-state index in [2.05, 4.69) is 0 Å². The number of likely N-dealkylation sites (N-methyl/N-ethyl adjacent to an activating group) is 2. The number of ketones is 2. The third-order valence-electron chi connectivity index (χ3n) is 14.0. The second kappa shape index (κ2) is 22.3. The smallest absolute Gasteiger partial charge is 0.274 e. The highest BCUT2D eigenvalue weighted by Crippen LogP contribution is 2.49. The minimum atomic E-state index is -0.917. The standard InChI is InChI=1S/C30H30ClFN2O5.C22H22ClFN2O5.2CH4/c1-33-18-30(13-20(14-30)16-38-2)34-15-22(24(35)12-11-21-9-6-10-23(31)25(21)32)27(36)28(26(34)29(33)37)39-17-19-7-4-3-5-8-19;1-25-11-22(7-12(8-22)10-27)26-9-14(19(29)20(30)18(26)21(25)31)16(28)6-5-13-3-2-4-15(23)17(13)24;;/h3-10,15,20H,11-14,16-18H2,1-2H3;2-4,9,12,27,30H,5-8,10-11H2,1H3;2*1H4. The summed E-state index contributed by atoms with van der Waals surface area (Å²) in [4.78, 5) is 81.8. The minimum Gasteiger partial charge on any atom is -0.503 e. The van der Waals surface area contributed by atoms with Crippen molar-refractivity contribution in [2.45, 2.75) is 83.9 Å². The maximum absolute atomic E-state index is 14.4. The highest BCUT2D eigenvalue weighted by Gasteiger charge is 2.53. The van der Waals surface area contributed by atoms with E-state index in [0.717, 1.165) is 18.4 Å². The number of fused-ring (bicyclic) bond motifs is 4. The zero-order chi connectivity index (χ0) is 50.2. The number of benzene rings is 3. The number of nitrogens with zero attached hydrogens (tertiary/aromatic N) is 4. The molecule has 2 amide bonds. The van der Waals surface area contributed by atoms with Gasteiger partial charge >= 0.3 is 0 Å². The average Bonchev–Trinajstić information content (AvgIpc) is 3.32. The van der Waals surface area contributed by atoms with Crippen molar-refractivity contribution in [3.8, 4) is 11.5 Å². The second-order valence-electron chi connectivity index (χ2n) is 18.9. The average molecular weight is 1030 g/mol. The fourth-order valence-electron chi connectivity index (χ4n) is 10.6. The van der Waals surface area contributed by atoms with Crippen molar-refractivity contribution >= 4 is 46.6 Å². The van der Waals surface area contributed by atoms with Crippen LogP contribution in [0.2, 0.25) is 10.0 Å². The Morgan fingerprint density at radius 3 is 1.67 bits per heavy atom. The summed E-state index contributed by atoms with van der Waals surface area (Å²) >= 11 is 11.7. The van der Waals surface area contributed by atoms with E-state index in [1.165, 1.54) is 40.1 Å². The highest BCUT2D eigenvalue weighted by atomic mass is 35.5. The molecule has 2 aliphatic heterocycles. The van der Waals surface area contributed by atoms with Crippen LogP contribution in [0, 0.1) is 23.5 Å². The van der Waals surface area contributed by atoms with Crippen LogP contribution in [0.15, 0.2) is 88.7 Å². The Hall–Kier alpha value is -6.20. The van der Waals surface area contributed by atoms with Crippen LogP contribution in [0.5, 0.6) is 11.5 Å². The van der Waals surface area contributed by atoms with Gasteiger partial charge in [-0.25, -0.2) is 8.78 Å². The molecular formula is C54H60Cl2F2N4O10. The first-order valence-electron chi connectivity index (χ1n) is 22.9. The van der Waals surface area contributed by atoms with Crippen LogP contribution >= 0.6 is 23.2 Å². The van der Waals surface area contributed by atoms with Crippen molar-refractivity contribution in [2.75, 3.05) is 47.5 Å². The molecule has 9 rings (SSSR count). The number of pyridine rings is 2. The summed E-state index contributed by atoms with van der Waals surface area (Å²) < 4.78 is 43.2. The molecule has 4 aliphatic rings. The zero-order valence-electron chi connectivity index (χ0n) is 38.8. The van der Waals surface area contributed by atoms with Crippen molar-refractivity contribution in [1.29, 1.82) is 0 Å². The Kier molecular flexibility index (Phi) is 17.1. The molecule has 18 heteroatoms. The molecule has 0 unspecified atom stereocenters. The number of amides is 2. The van der Waals surface area contributed by atoms with Crippen LogP contribution in [0.4, 0.5) is 8.78 Å². The fourth-order valence-corrected chi connectivity index (χ4v) is 10.9. The summed E-state index contributed by atoms with van der Waals surface area (Å²) in [7, 11) is 4.95. The first-order valence-corrected chi connectivity index (χ1v) is 23.7. The Bertz CT molecular complexity index is 3000. The number of aliphatic hydroxyl groups is 1. The molecule has 2 aliphatic carbocycles. The number of aromatic hydroxyl groups is 1. The molecule has 2 spiro atoms. The van der Waals surface area contributed by atoms with Crippen LogP contribution in [-0.4, -0.2) is 100 Å². The molecular weight excluding hydrogens is 974 g/mol. The number of rotatable bonds is 14. The fraction of sp³-hybridized carbons (Fsp3) is 0.407. The lowest BCUT2D eigenvalue weighted by molar-refractivity contribution is -0.0192. The predicted octanol–water partition coefficient (Wildman–Crippen LogP) is 8.49. The van der Waals surface area contributed by atoms with E-state index in [4.69, 9.17) is 32.7 Å². The molecule has 2 aromatic heterocycles. The number of aryl methyl sites for hydroxylation is 2. The quantitative estimate of drug-likeness (QED) is 0.103. The third kappa shape index (κ3) is 10.4. The molecule has 0 radical (unpaired) electrons. The van der Waals surface area contributed by atoms with Gasteiger partial charge in [0.2, 0.25) is 10.9 Å². The largest absolute Gasteiger partial charge is 0.503 e. The topological polar surface area (TPSA) is 178 Å². The van der Waals surface area contributed by atoms with Crippen molar-refractivity contribution in [3.05, 3.63) is 160 Å². The lowest BCUT2D eigenvalue weighted by atomic mass is 9.67. The monoisotopic (exact) mass is 1030 g/mol. The molecule has 2 fully saturated rings. The zero-order valence-corrected chi connectivity index (χ0v) is 40.3. The SMILES string of the molecule is C.C.CN1CC2(CC(CO)C2)n2cc(C(=O)CCc3cccc(Cl)c3F)c(=O)c(O)c2C1=O.COCC1CC2(C1)CN(C)C(=O)c1c(OCc3ccccc3)c(=O)c(C(=O)CCc3cccc(Cl)c3F)cn12. The number of aromatic nitrogens is 2. The van der Waals surface area contributed by atoms with Gasteiger partial charge in [0.15, 0.2) is 34.5 Å². The molecule has 0 saturated heterocycles. The van der Waals surface area contributed by atoms with Crippen molar-refractivity contribution in [2.24, 2.45) is 11.8 Å². The third-order valence-corrected chi connectivity index (χ3v) is 14.6. The van der Waals surface area contributed by atoms with Crippen LogP contribution in [-0.2, 0) is 35.3 Å². The minimum absolute atomic E-state index is 0. The van der Waals surface area contributed by atoms with E-state index in [0.29, 0.717) is 44.0 Å². The Morgan fingerprint density at radius 1 is 0.694 bits per heavy atom. The molecule has 5 aromatic rings. The van der Waals surface area contributed by atoms with E-state index in [9.17, 15) is 47.8 Å². The normalized spacial score (nSPS) is 20.5. The van der Waals surface area contributed by atoms with Gasteiger partial charge in [-0.15, -0.1) is 0 Å². The first kappa shape index (κ1) is 55.1. The van der Waals surface area contributed by atoms with Gasteiger partial charge in [0, 0.05) is 72.7 Å². The van der Waals surface area contributed by atoms with Gasteiger partial charge in [-0.2, -0.15) is 0 Å². The van der Waals surface area contributed by atoms with E-state index in [-0.39, 0.29) is 109 Å². The van der Waals surface area contributed by atoms with E-state index in [1.807, 2.05) is 30.3 Å². The number of methoxy groups -OCH3 is 1. The Balaban J connectivity index is 0.000000235. The lowest BCUT2D eigenvalue weighted by Gasteiger charge is -2.54. The van der Waals surface area contributed by atoms with Gasteiger partial charge in [0.05, 0.1) is 32.3 Å². The molecule has 2 N–H and O–H groups in total. The molecule has 14 nitrogen and oxygen atoms in total. The summed E-state index contributed by atoms with van der Waals surface area (Å²) in [5, 5.41) is 19.9. The van der Waals surface area contributed by atoms with Crippen LogP contribution in [0.1, 0.15) is 112 Å². The number of carbonyl (C=O) groups excluding carboxylic acids is 4. The summed E-state index contributed by atoms with van der Waals surface area (Å²) in [6, 6.07) is 18.4. The van der Waals surface area contributed by atoms with E-state index < -0.39 is 56.8 Å². The number of carbonyl (C=O) groups is 4. The number of hydrogen-bond donors (Lipinski definition) is 2. The number of ether oxygens (including phenoxy) is 2. The summed E-state index contributed by atoms with van der Waals surface area (Å²) in [5.41, 5.74) is -1.57. The van der Waals surface area contributed by atoms with Gasteiger partial charge < -0.3 is 38.6 Å². The van der Waals surface area contributed by atoms with Gasteiger partial charge in [0.1, 0.15) is 18.2 Å². The highest BCUT2D eigenvalue weighted by molar-refractivity contribution is 6.31. The van der Waals surface area contributed by atoms with Crippen LogP contribution in [0.25, 0.3) is 0 Å². The van der Waals surface area contributed by atoms with Gasteiger partial charge in [0.25, 0.3) is 11.8 Å². The van der Waals surface area contributed by atoms with E-state index >= 15 is 0 Å². The molecule has 0 atom stereocenters. The molecule has 4 heterocycles. The number of Topliss-reactive ketones (excluding diaryl/α,β-unsaturated/α-hetero) is 2. The summed E-state index contributed by atoms with van der Waals surface area (Å²) in [6.07, 6.45) is 5.27. The molecule has 0 bridgehead atoms. The maximum atomic E-state index is 14.4. The number of halogens is 4. The Morgan fingerprint density at radius 2 is 1.17 bits per heavy atom. The summed E-state index contributed by atoms with van der Waals surface area (Å²) in [6.45, 7) is 1.44. The molecule has 3 aromatic carbocycles.